The molecule has 0 aromatic heterocycles. The first-order valence-electron chi connectivity index (χ1n) is 10.5. The number of hydrogen-bond donors (Lipinski definition) is 0. The first kappa shape index (κ1) is 21.6. The lowest BCUT2D eigenvalue weighted by Gasteiger charge is -2.23. The van der Waals surface area contributed by atoms with Crippen molar-refractivity contribution in [3.05, 3.63) is 94.0 Å². The van der Waals surface area contributed by atoms with Crippen molar-refractivity contribution >= 4 is 6.29 Å². The zero-order valence-electron chi connectivity index (χ0n) is 18.1. The van der Waals surface area contributed by atoms with Gasteiger partial charge in [-0.2, -0.15) is 0 Å². The Morgan fingerprint density at radius 2 is 1.20 bits per heavy atom. The van der Waals surface area contributed by atoms with Crippen molar-refractivity contribution in [2.75, 3.05) is 0 Å². The van der Waals surface area contributed by atoms with Crippen LogP contribution in [0.4, 0.5) is 0 Å². The van der Waals surface area contributed by atoms with Crippen LogP contribution in [0.3, 0.4) is 0 Å². The van der Waals surface area contributed by atoms with E-state index in [1.807, 2.05) is 36.4 Å². The van der Waals surface area contributed by atoms with Crippen LogP contribution in [0.25, 0.3) is 0 Å². The van der Waals surface area contributed by atoms with Crippen molar-refractivity contribution in [1.29, 1.82) is 0 Å². The normalized spacial score (nSPS) is 10.6. The fourth-order valence-electron chi connectivity index (χ4n) is 3.69. The summed E-state index contributed by atoms with van der Waals surface area (Å²) in [6.45, 7) is 7.32. The van der Waals surface area contributed by atoms with Gasteiger partial charge >= 0.3 is 0 Å². The lowest BCUT2D eigenvalue weighted by Crippen LogP contribution is -2.08. The van der Waals surface area contributed by atoms with E-state index in [9.17, 15) is 4.79 Å². The van der Waals surface area contributed by atoms with Gasteiger partial charge in [-0.15, -0.1) is 0 Å². The Hall–Kier alpha value is -3.07. The fraction of sp³-hybridized carbons (Fsp3) is 0.296. The predicted molar refractivity (Wildman–Crippen MR) is 121 cm³/mol. The minimum atomic E-state index is 0.519. The molecule has 0 aliphatic carbocycles. The quantitative estimate of drug-likeness (QED) is 0.295. The summed E-state index contributed by atoms with van der Waals surface area (Å²) in [4.78, 5) is 10.9. The van der Waals surface area contributed by atoms with E-state index in [4.69, 9.17) is 9.47 Å². The molecule has 3 aromatic rings. The molecule has 0 unspecified atom stereocenters. The van der Waals surface area contributed by atoms with Gasteiger partial charge < -0.3 is 14.3 Å². The third kappa shape index (κ3) is 5.29. The van der Waals surface area contributed by atoms with Crippen LogP contribution in [0.15, 0.2) is 60.7 Å². The predicted octanol–water partition coefficient (Wildman–Crippen LogP) is 6.29. The summed E-state index contributed by atoms with van der Waals surface area (Å²) < 4.78 is 12.6. The van der Waals surface area contributed by atoms with Crippen LogP contribution in [0, 0.1) is 20.8 Å². The molecule has 0 atom stereocenters. The number of ether oxygens (including phenoxy) is 2. The summed E-state index contributed by atoms with van der Waals surface area (Å²) in [7, 11) is 0. The molecule has 3 rings (SSSR count). The standard InChI is InChI=1S/C27H30O3/c1-20-21(2)27(30-19-24-14-8-5-9-15-24)25(16-10-11-17-28)22(3)26(20)29-18-23-12-6-4-7-13-23/h4-9,12-15,17H,10-11,16,18-19H2,1-3H3. The molecule has 0 aliphatic rings. The second kappa shape index (κ2) is 10.6. The molecule has 0 fully saturated rings. The van der Waals surface area contributed by atoms with Gasteiger partial charge in [0.1, 0.15) is 31.0 Å². The summed E-state index contributed by atoms with van der Waals surface area (Å²) in [6, 6.07) is 20.4. The van der Waals surface area contributed by atoms with Gasteiger partial charge in [-0.25, -0.2) is 0 Å². The Morgan fingerprint density at radius 3 is 1.73 bits per heavy atom. The van der Waals surface area contributed by atoms with E-state index in [2.05, 4.69) is 45.0 Å². The van der Waals surface area contributed by atoms with Gasteiger partial charge in [0, 0.05) is 12.0 Å². The van der Waals surface area contributed by atoms with Crippen molar-refractivity contribution in [2.24, 2.45) is 0 Å². The van der Waals surface area contributed by atoms with Crippen LogP contribution >= 0.6 is 0 Å². The molecule has 0 aliphatic heterocycles. The van der Waals surface area contributed by atoms with Crippen molar-refractivity contribution in [3.8, 4) is 11.5 Å². The second-order valence-corrected chi connectivity index (χ2v) is 7.62. The van der Waals surface area contributed by atoms with Crippen LogP contribution in [0.2, 0.25) is 0 Å². The first-order valence-corrected chi connectivity index (χ1v) is 10.5. The molecule has 3 nitrogen and oxygen atoms in total. The van der Waals surface area contributed by atoms with E-state index in [0.29, 0.717) is 19.6 Å². The van der Waals surface area contributed by atoms with E-state index in [1.54, 1.807) is 0 Å². The molecule has 0 saturated heterocycles. The summed E-state index contributed by atoms with van der Waals surface area (Å²) in [5.74, 6) is 1.84. The first-order chi connectivity index (χ1) is 14.6. The number of unbranched alkanes of at least 4 members (excludes halogenated alkanes) is 1. The average Bonchev–Trinajstić information content (AvgIpc) is 2.78. The summed E-state index contributed by atoms with van der Waals surface area (Å²) >= 11 is 0. The highest BCUT2D eigenvalue weighted by molar-refractivity contribution is 5.58. The minimum Gasteiger partial charge on any atom is -0.488 e. The minimum absolute atomic E-state index is 0.519. The lowest BCUT2D eigenvalue weighted by atomic mass is 9.94. The third-order valence-corrected chi connectivity index (χ3v) is 5.51. The number of rotatable bonds is 10. The Labute approximate surface area is 179 Å². The van der Waals surface area contributed by atoms with Crippen molar-refractivity contribution < 1.29 is 14.3 Å². The zero-order chi connectivity index (χ0) is 21.3. The monoisotopic (exact) mass is 402 g/mol. The number of benzene rings is 3. The van der Waals surface area contributed by atoms with Crippen molar-refractivity contribution in [1.82, 2.24) is 0 Å². The van der Waals surface area contributed by atoms with Crippen LogP contribution < -0.4 is 9.47 Å². The van der Waals surface area contributed by atoms with Crippen LogP contribution in [0.5, 0.6) is 11.5 Å². The van der Waals surface area contributed by atoms with Crippen LogP contribution in [-0.2, 0) is 24.4 Å². The van der Waals surface area contributed by atoms with Gasteiger partial charge in [-0.1, -0.05) is 60.7 Å². The highest BCUT2D eigenvalue weighted by Gasteiger charge is 2.20. The van der Waals surface area contributed by atoms with E-state index in [0.717, 1.165) is 64.0 Å². The highest BCUT2D eigenvalue weighted by Crippen LogP contribution is 2.39. The smallest absolute Gasteiger partial charge is 0.126 e. The van der Waals surface area contributed by atoms with Crippen LogP contribution in [0.1, 0.15) is 46.2 Å². The molecule has 30 heavy (non-hydrogen) atoms. The van der Waals surface area contributed by atoms with Gasteiger partial charge in [0.25, 0.3) is 0 Å². The maximum absolute atomic E-state index is 10.9. The van der Waals surface area contributed by atoms with E-state index in [-0.39, 0.29) is 0 Å². The average molecular weight is 403 g/mol. The van der Waals surface area contributed by atoms with E-state index < -0.39 is 0 Å². The Kier molecular flexibility index (Phi) is 7.67. The van der Waals surface area contributed by atoms with Gasteiger partial charge in [-0.05, 0) is 61.4 Å². The molecule has 0 radical (unpaired) electrons. The number of carbonyl (C=O) groups excluding carboxylic acids is 1. The molecule has 0 spiro atoms. The van der Waals surface area contributed by atoms with E-state index >= 15 is 0 Å². The van der Waals surface area contributed by atoms with Crippen molar-refractivity contribution in [2.45, 2.75) is 53.2 Å². The highest BCUT2D eigenvalue weighted by atomic mass is 16.5. The van der Waals surface area contributed by atoms with E-state index in [1.165, 1.54) is 0 Å². The number of aldehydes is 1. The molecular weight excluding hydrogens is 372 g/mol. The number of hydrogen-bond acceptors (Lipinski definition) is 3. The molecule has 0 heterocycles. The molecular formula is C27H30O3. The number of carbonyl (C=O) groups is 1. The summed E-state index contributed by atoms with van der Waals surface area (Å²) in [6.07, 6.45) is 3.11. The summed E-state index contributed by atoms with van der Waals surface area (Å²) in [5.41, 5.74) is 6.71. The largest absolute Gasteiger partial charge is 0.488 e. The molecule has 0 amide bonds. The maximum atomic E-state index is 10.9. The van der Waals surface area contributed by atoms with Gasteiger partial charge in [0.05, 0.1) is 0 Å². The molecule has 3 aromatic carbocycles. The maximum Gasteiger partial charge on any atom is 0.126 e. The van der Waals surface area contributed by atoms with Gasteiger partial charge in [-0.3, -0.25) is 0 Å². The van der Waals surface area contributed by atoms with Gasteiger partial charge in [0.2, 0.25) is 0 Å². The molecule has 3 heteroatoms. The molecule has 0 saturated carbocycles. The fourth-order valence-corrected chi connectivity index (χ4v) is 3.69. The Balaban J connectivity index is 1.91. The molecule has 0 N–H and O–H groups in total. The van der Waals surface area contributed by atoms with Crippen LogP contribution in [-0.4, -0.2) is 6.29 Å². The molecule has 156 valence electrons. The SMILES string of the molecule is Cc1c(C)c(OCc2ccccc2)c(CCCC=O)c(C)c1OCc1ccccc1. The molecule has 0 bridgehead atoms. The Bertz CT molecular complexity index is 963. The summed E-state index contributed by atoms with van der Waals surface area (Å²) in [5, 5.41) is 0. The topological polar surface area (TPSA) is 35.5 Å². The lowest BCUT2D eigenvalue weighted by molar-refractivity contribution is -0.107. The zero-order valence-corrected chi connectivity index (χ0v) is 18.1. The van der Waals surface area contributed by atoms with Crippen molar-refractivity contribution in [3.63, 3.8) is 0 Å². The Morgan fingerprint density at radius 1 is 0.700 bits per heavy atom. The third-order valence-electron chi connectivity index (χ3n) is 5.51. The second-order valence-electron chi connectivity index (χ2n) is 7.62. The van der Waals surface area contributed by atoms with Gasteiger partial charge in [0.15, 0.2) is 0 Å².